The molecular formula is C12H17ClFN3. The number of halogens is 2. The van der Waals surface area contributed by atoms with E-state index in [0.29, 0.717) is 11.6 Å². The van der Waals surface area contributed by atoms with Crippen molar-refractivity contribution in [3.05, 3.63) is 16.9 Å². The molecule has 1 saturated carbocycles. The van der Waals surface area contributed by atoms with E-state index in [9.17, 15) is 4.39 Å². The summed E-state index contributed by atoms with van der Waals surface area (Å²) >= 11 is 5.78. The first kappa shape index (κ1) is 12.3. The van der Waals surface area contributed by atoms with Crippen molar-refractivity contribution in [2.75, 3.05) is 16.8 Å². The third-order valence-corrected chi connectivity index (χ3v) is 3.84. The normalized spacial score (nSPS) is 23.9. The fourth-order valence-electron chi connectivity index (χ4n) is 2.36. The summed E-state index contributed by atoms with van der Waals surface area (Å²) in [6.07, 6.45) is 3.34. The largest absolute Gasteiger partial charge is 0.397 e. The molecule has 1 aromatic rings. The van der Waals surface area contributed by atoms with Gasteiger partial charge >= 0.3 is 0 Å². The number of nitrogens with one attached hydrogen (secondary N) is 1. The average Bonchev–Trinajstić information content (AvgIpc) is 2.67. The Morgan fingerprint density at radius 1 is 1.35 bits per heavy atom. The lowest BCUT2D eigenvalue weighted by Gasteiger charge is -2.21. The Bertz CT molecular complexity index is 436. The van der Waals surface area contributed by atoms with E-state index in [1.54, 1.807) is 0 Å². The Kier molecular flexibility index (Phi) is 3.33. The second kappa shape index (κ2) is 4.61. The molecule has 0 saturated heterocycles. The molecule has 1 aliphatic carbocycles. The van der Waals surface area contributed by atoms with Gasteiger partial charge in [0.2, 0.25) is 0 Å². The van der Waals surface area contributed by atoms with Crippen molar-refractivity contribution in [2.45, 2.75) is 32.2 Å². The van der Waals surface area contributed by atoms with Gasteiger partial charge in [-0.15, -0.1) is 0 Å². The molecule has 17 heavy (non-hydrogen) atoms. The Morgan fingerprint density at radius 2 is 2.06 bits per heavy atom. The molecule has 0 bridgehead atoms. The van der Waals surface area contributed by atoms with Gasteiger partial charge in [-0.05, 0) is 24.8 Å². The van der Waals surface area contributed by atoms with Crippen LogP contribution in [0.1, 0.15) is 26.2 Å². The maximum atomic E-state index is 13.9. The lowest BCUT2D eigenvalue weighted by Crippen LogP contribution is -2.23. The topological polar surface area (TPSA) is 64.1 Å². The van der Waals surface area contributed by atoms with Gasteiger partial charge in [-0.25, -0.2) is 4.39 Å². The van der Waals surface area contributed by atoms with Crippen LogP contribution in [-0.4, -0.2) is 6.04 Å². The van der Waals surface area contributed by atoms with Gasteiger partial charge in [0.25, 0.3) is 0 Å². The monoisotopic (exact) mass is 257 g/mol. The molecule has 2 unspecified atom stereocenters. The zero-order valence-corrected chi connectivity index (χ0v) is 10.5. The van der Waals surface area contributed by atoms with Gasteiger partial charge in [0.05, 0.1) is 17.1 Å². The molecule has 2 atom stereocenters. The first-order valence-corrected chi connectivity index (χ1v) is 6.18. The molecule has 0 aromatic heterocycles. The first-order chi connectivity index (χ1) is 8.00. The summed E-state index contributed by atoms with van der Waals surface area (Å²) in [5.41, 5.74) is 12.1. The second-order valence-corrected chi connectivity index (χ2v) is 5.09. The molecule has 94 valence electrons. The van der Waals surface area contributed by atoms with Crippen molar-refractivity contribution in [2.24, 2.45) is 5.92 Å². The van der Waals surface area contributed by atoms with Crippen LogP contribution in [0.4, 0.5) is 21.5 Å². The number of nitrogens with two attached hydrogens (primary N) is 2. The Hall–Kier alpha value is -1.16. The Balaban J connectivity index is 2.29. The van der Waals surface area contributed by atoms with Gasteiger partial charge in [-0.1, -0.05) is 24.9 Å². The summed E-state index contributed by atoms with van der Waals surface area (Å²) in [6, 6.07) is 1.75. The highest BCUT2D eigenvalue weighted by molar-refractivity contribution is 6.33. The van der Waals surface area contributed by atoms with Gasteiger partial charge in [-0.2, -0.15) is 0 Å². The molecule has 0 radical (unpaired) electrons. The van der Waals surface area contributed by atoms with E-state index in [1.165, 1.54) is 6.07 Å². The zero-order valence-electron chi connectivity index (χ0n) is 9.76. The third-order valence-electron chi connectivity index (χ3n) is 3.46. The molecule has 1 fully saturated rings. The van der Waals surface area contributed by atoms with E-state index in [0.717, 1.165) is 19.3 Å². The summed E-state index contributed by atoms with van der Waals surface area (Å²) in [6.45, 7) is 2.15. The highest BCUT2D eigenvalue weighted by Gasteiger charge is 2.25. The molecule has 3 nitrogen and oxygen atoms in total. The molecular weight excluding hydrogens is 241 g/mol. The third kappa shape index (κ3) is 2.27. The summed E-state index contributed by atoms with van der Waals surface area (Å²) < 4.78 is 13.9. The van der Waals surface area contributed by atoms with Crippen LogP contribution in [0, 0.1) is 11.7 Å². The Morgan fingerprint density at radius 3 is 2.65 bits per heavy atom. The van der Waals surface area contributed by atoms with Crippen LogP contribution in [0.2, 0.25) is 5.02 Å². The molecule has 2 rings (SSSR count). The summed E-state index contributed by atoms with van der Waals surface area (Å²) in [5, 5.41) is 3.09. The molecule has 1 aromatic carbocycles. The Labute approximate surface area is 105 Å². The van der Waals surface area contributed by atoms with Crippen molar-refractivity contribution in [1.82, 2.24) is 0 Å². The van der Waals surface area contributed by atoms with Gasteiger partial charge < -0.3 is 16.8 Å². The first-order valence-electron chi connectivity index (χ1n) is 5.80. The predicted molar refractivity (Wildman–Crippen MR) is 70.7 cm³/mol. The van der Waals surface area contributed by atoms with Crippen LogP contribution >= 0.6 is 11.6 Å². The van der Waals surface area contributed by atoms with Gasteiger partial charge in [0.15, 0.2) is 5.82 Å². The summed E-state index contributed by atoms with van der Waals surface area (Å²) in [7, 11) is 0. The van der Waals surface area contributed by atoms with E-state index in [-0.39, 0.29) is 22.4 Å². The average molecular weight is 258 g/mol. The SMILES string of the molecule is CC1CCCC1Nc1c(N)cc(N)c(Cl)c1F. The van der Waals surface area contributed by atoms with Crippen LogP contribution in [0.15, 0.2) is 6.07 Å². The minimum Gasteiger partial charge on any atom is -0.397 e. The number of hydrogen-bond donors (Lipinski definition) is 3. The number of benzene rings is 1. The molecule has 0 aliphatic heterocycles. The maximum absolute atomic E-state index is 13.9. The van der Waals surface area contributed by atoms with E-state index in [1.807, 2.05) is 0 Å². The lowest BCUT2D eigenvalue weighted by molar-refractivity contribution is 0.550. The van der Waals surface area contributed by atoms with E-state index in [4.69, 9.17) is 23.1 Å². The second-order valence-electron chi connectivity index (χ2n) is 4.72. The fraction of sp³-hybridized carbons (Fsp3) is 0.500. The fourth-order valence-corrected chi connectivity index (χ4v) is 2.51. The summed E-state index contributed by atoms with van der Waals surface area (Å²) in [5.74, 6) is -0.0339. The zero-order chi connectivity index (χ0) is 12.6. The van der Waals surface area contributed by atoms with E-state index < -0.39 is 5.82 Å². The van der Waals surface area contributed by atoms with Crippen LogP contribution in [0.5, 0.6) is 0 Å². The maximum Gasteiger partial charge on any atom is 0.169 e. The predicted octanol–water partition coefficient (Wildman–Crippen LogP) is 3.24. The minimum atomic E-state index is -0.553. The van der Waals surface area contributed by atoms with Crippen molar-refractivity contribution in [1.29, 1.82) is 0 Å². The molecule has 0 spiro atoms. The molecule has 1 aliphatic rings. The smallest absolute Gasteiger partial charge is 0.169 e. The van der Waals surface area contributed by atoms with Crippen molar-refractivity contribution < 1.29 is 4.39 Å². The van der Waals surface area contributed by atoms with Crippen LogP contribution in [0.3, 0.4) is 0 Å². The van der Waals surface area contributed by atoms with Crippen LogP contribution in [0.25, 0.3) is 0 Å². The molecule has 5 heteroatoms. The highest BCUT2D eigenvalue weighted by atomic mass is 35.5. The van der Waals surface area contributed by atoms with Crippen LogP contribution < -0.4 is 16.8 Å². The minimum absolute atomic E-state index is 0.0626. The van der Waals surface area contributed by atoms with Crippen molar-refractivity contribution in [3.63, 3.8) is 0 Å². The number of anilines is 3. The van der Waals surface area contributed by atoms with Gasteiger partial charge in [0.1, 0.15) is 5.02 Å². The van der Waals surface area contributed by atoms with Gasteiger partial charge in [-0.3, -0.25) is 0 Å². The highest BCUT2D eigenvalue weighted by Crippen LogP contribution is 2.36. The quantitative estimate of drug-likeness (QED) is 0.713. The number of hydrogen-bond acceptors (Lipinski definition) is 3. The summed E-state index contributed by atoms with van der Waals surface area (Å²) in [4.78, 5) is 0. The van der Waals surface area contributed by atoms with Crippen molar-refractivity contribution in [3.8, 4) is 0 Å². The number of rotatable bonds is 2. The lowest BCUT2D eigenvalue weighted by atomic mass is 10.1. The van der Waals surface area contributed by atoms with E-state index >= 15 is 0 Å². The molecule has 0 amide bonds. The van der Waals surface area contributed by atoms with Gasteiger partial charge in [0, 0.05) is 6.04 Å². The molecule has 5 N–H and O–H groups in total. The standard InChI is InChI=1S/C12H17ClFN3/c1-6-3-2-4-9(6)17-12-8(16)5-7(15)10(13)11(12)14/h5-6,9,17H,2-4,15-16H2,1H3. The van der Waals surface area contributed by atoms with Crippen molar-refractivity contribution >= 4 is 28.7 Å². The molecule has 0 heterocycles. The number of nitrogen functional groups attached to an aromatic ring is 2. The van der Waals surface area contributed by atoms with Crippen LogP contribution in [-0.2, 0) is 0 Å². The van der Waals surface area contributed by atoms with E-state index in [2.05, 4.69) is 12.2 Å².